The second-order valence-electron chi connectivity index (χ2n) is 24.0. The molecule has 5 aliphatic carbocycles. The molecule has 0 amide bonds. The highest BCUT2D eigenvalue weighted by Gasteiger charge is 2.77. The zero-order chi connectivity index (χ0) is 48.2. The summed E-state index contributed by atoms with van der Waals surface area (Å²) in [6.45, 7) is 18.4. The average molecular weight is 941 g/mol. The first-order chi connectivity index (χ1) is 30.6. The van der Waals surface area contributed by atoms with Crippen molar-refractivity contribution >= 4 is 11.9 Å². The van der Waals surface area contributed by atoms with Crippen LogP contribution in [0.1, 0.15) is 120 Å². The van der Waals surface area contributed by atoms with Crippen LogP contribution in [-0.2, 0) is 42.7 Å². The standard InChI is InChI=1S/C48H76O18/c1-19-28(49)29(50)33(54)39(60-19)64-35-20(2)61-40(34(55)32(35)53)66-37-31(52)30(51)36(38(56)57)65-41(37)63-25-13-14-45(7)23(43(25,3)4)12-15-47(9)24(45)11-10-21-26-27(44(5,6)59)22-18-48(26,42(58)62-22)17-16-46(21,47)8/h19-37,39-41,49-55,59H,10-18H2,1-9H3,(H,56,57)/t19-,20-,21+,22-,23-,24+,25-,26-,27+,28-,29+,30-,31-,32-,33+,34+,35-,36-,37+,39-,40-,41+,45-,46+,47+,48+/m0/s1. The summed E-state index contributed by atoms with van der Waals surface area (Å²) in [5.74, 6) is -0.895. The van der Waals surface area contributed by atoms with Crippen LogP contribution in [-0.4, -0.2) is 168 Å². The largest absolute Gasteiger partial charge is 0.479 e. The Morgan fingerprint density at radius 1 is 0.652 bits per heavy atom. The summed E-state index contributed by atoms with van der Waals surface area (Å²) in [6.07, 6.45) is -17.0. The van der Waals surface area contributed by atoms with Crippen molar-refractivity contribution in [3.63, 3.8) is 0 Å². The van der Waals surface area contributed by atoms with Gasteiger partial charge in [0.05, 0.1) is 29.3 Å². The van der Waals surface area contributed by atoms with Gasteiger partial charge in [0.15, 0.2) is 25.0 Å². The molecule has 376 valence electrons. The van der Waals surface area contributed by atoms with E-state index < -0.39 is 121 Å². The van der Waals surface area contributed by atoms with Gasteiger partial charge in [-0.3, -0.25) is 4.79 Å². The van der Waals surface area contributed by atoms with Crippen LogP contribution < -0.4 is 0 Å². The fraction of sp³-hybridized carbons (Fsp3) is 0.958. The van der Waals surface area contributed by atoms with Crippen molar-refractivity contribution in [1.82, 2.24) is 0 Å². The van der Waals surface area contributed by atoms with E-state index in [0.29, 0.717) is 18.8 Å². The molecular formula is C48H76O18. The molecule has 4 saturated heterocycles. The maximum atomic E-state index is 13.6. The normalized spacial score (nSPS) is 56.7. The number of hydrogen-bond donors (Lipinski definition) is 9. The Labute approximate surface area is 386 Å². The van der Waals surface area contributed by atoms with E-state index in [-0.39, 0.29) is 52.0 Å². The molecule has 5 saturated carbocycles. The predicted molar refractivity (Wildman–Crippen MR) is 227 cm³/mol. The van der Waals surface area contributed by atoms with Crippen LogP contribution in [0.25, 0.3) is 0 Å². The van der Waals surface area contributed by atoms with Gasteiger partial charge >= 0.3 is 11.9 Å². The van der Waals surface area contributed by atoms with Gasteiger partial charge in [-0.05, 0) is 124 Å². The molecule has 9 rings (SSSR count). The van der Waals surface area contributed by atoms with Gasteiger partial charge in [-0.15, -0.1) is 0 Å². The van der Waals surface area contributed by atoms with E-state index in [1.807, 2.05) is 13.8 Å². The number of aliphatic carboxylic acids is 1. The molecule has 4 heterocycles. The molecule has 18 heteroatoms. The van der Waals surface area contributed by atoms with Crippen molar-refractivity contribution in [2.24, 2.45) is 56.7 Å². The number of fused-ring (bicyclic) bond motifs is 7. The average Bonchev–Trinajstić information content (AvgIpc) is 3.75. The van der Waals surface area contributed by atoms with Crippen LogP contribution >= 0.6 is 0 Å². The summed E-state index contributed by atoms with van der Waals surface area (Å²) in [7, 11) is 0. The molecule has 18 nitrogen and oxygen atoms in total. The minimum absolute atomic E-state index is 0.0548. The van der Waals surface area contributed by atoms with Gasteiger partial charge in [0.1, 0.15) is 61.0 Å². The van der Waals surface area contributed by atoms with Crippen molar-refractivity contribution in [1.29, 1.82) is 0 Å². The lowest BCUT2D eigenvalue weighted by molar-refractivity contribution is -0.384. The second kappa shape index (κ2) is 16.5. The highest BCUT2D eigenvalue weighted by molar-refractivity contribution is 5.81. The van der Waals surface area contributed by atoms with Gasteiger partial charge < -0.3 is 79.1 Å². The first-order valence-electron chi connectivity index (χ1n) is 24.5. The number of carboxylic acid groups (broad SMARTS) is 1. The van der Waals surface area contributed by atoms with Gasteiger partial charge in [0.2, 0.25) is 0 Å². The van der Waals surface area contributed by atoms with Crippen LogP contribution in [0.5, 0.6) is 0 Å². The molecule has 1 spiro atoms. The van der Waals surface area contributed by atoms with Gasteiger partial charge in [-0.1, -0.05) is 34.6 Å². The van der Waals surface area contributed by atoms with E-state index in [4.69, 9.17) is 33.2 Å². The van der Waals surface area contributed by atoms with E-state index in [0.717, 1.165) is 44.9 Å². The smallest absolute Gasteiger partial charge is 0.335 e. The monoisotopic (exact) mass is 941 g/mol. The van der Waals surface area contributed by atoms with Crippen LogP contribution in [0, 0.1) is 56.7 Å². The summed E-state index contributed by atoms with van der Waals surface area (Å²) in [6, 6.07) is 0. The number of carbonyl (C=O) groups is 2. The van der Waals surface area contributed by atoms with Crippen molar-refractivity contribution in [3.8, 4) is 0 Å². The number of carbonyl (C=O) groups excluding carboxylic acids is 1. The van der Waals surface area contributed by atoms with Crippen molar-refractivity contribution in [2.75, 3.05) is 0 Å². The summed E-state index contributed by atoms with van der Waals surface area (Å²) in [5, 5.41) is 97.8. The first kappa shape index (κ1) is 49.4. The number of hydrogen-bond acceptors (Lipinski definition) is 17. The Bertz CT molecular complexity index is 1860. The number of ether oxygens (including phenoxy) is 7. The van der Waals surface area contributed by atoms with Gasteiger partial charge in [0, 0.05) is 12.3 Å². The Morgan fingerprint density at radius 2 is 1.27 bits per heavy atom. The van der Waals surface area contributed by atoms with Gasteiger partial charge in [-0.2, -0.15) is 0 Å². The third-order valence-corrected chi connectivity index (χ3v) is 20.1. The molecule has 9 N–H and O–H groups in total. The van der Waals surface area contributed by atoms with E-state index in [2.05, 4.69) is 34.6 Å². The third-order valence-electron chi connectivity index (χ3n) is 20.1. The van der Waals surface area contributed by atoms with Crippen LogP contribution in [0.4, 0.5) is 0 Å². The van der Waals surface area contributed by atoms with E-state index in [1.54, 1.807) is 0 Å². The molecular weight excluding hydrogens is 865 g/mol. The Kier molecular flexibility index (Phi) is 12.3. The molecule has 0 aromatic rings. The molecule has 0 aromatic heterocycles. The molecule has 66 heavy (non-hydrogen) atoms. The molecule has 2 bridgehead atoms. The number of aliphatic hydroxyl groups excluding tert-OH is 7. The summed E-state index contributed by atoms with van der Waals surface area (Å²) in [4.78, 5) is 26.0. The molecule has 9 aliphatic rings. The summed E-state index contributed by atoms with van der Waals surface area (Å²) >= 11 is 0. The topological polar surface area (TPSA) is 281 Å². The number of rotatable bonds is 8. The van der Waals surface area contributed by atoms with Gasteiger partial charge in [0.25, 0.3) is 0 Å². The number of aliphatic hydroxyl groups is 8. The van der Waals surface area contributed by atoms with Crippen molar-refractivity contribution in [2.45, 2.75) is 230 Å². The van der Waals surface area contributed by atoms with E-state index in [1.165, 1.54) is 13.8 Å². The number of carboxylic acids is 1. The Balaban J connectivity index is 0.928. The number of esters is 1. The lowest BCUT2D eigenvalue weighted by Gasteiger charge is -2.73. The summed E-state index contributed by atoms with van der Waals surface area (Å²) in [5.41, 5.74) is -2.29. The highest BCUT2D eigenvalue weighted by atomic mass is 16.8. The van der Waals surface area contributed by atoms with E-state index >= 15 is 0 Å². The first-order valence-corrected chi connectivity index (χ1v) is 24.5. The Morgan fingerprint density at radius 3 is 1.92 bits per heavy atom. The minimum atomic E-state index is -1.96. The van der Waals surface area contributed by atoms with Crippen molar-refractivity contribution in [3.05, 3.63) is 0 Å². The zero-order valence-corrected chi connectivity index (χ0v) is 39.8. The maximum Gasteiger partial charge on any atom is 0.335 e. The fourth-order valence-electron chi connectivity index (χ4n) is 16.6. The molecule has 9 fully saturated rings. The third kappa shape index (κ3) is 7.07. The molecule has 4 aliphatic heterocycles. The minimum Gasteiger partial charge on any atom is -0.479 e. The quantitative estimate of drug-likeness (QED) is 0.123. The molecule has 0 unspecified atom stereocenters. The lowest BCUT2D eigenvalue weighted by atomic mass is 9.32. The van der Waals surface area contributed by atoms with Crippen LogP contribution in [0.15, 0.2) is 0 Å². The van der Waals surface area contributed by atoms with Crippen LogP contribution in [0.3, 0.4) is 0 Å². The molecule has 0 radical (unpaired) electrons. The lowest BCUT2D eigenvalue weighted by Crippen LogP contribution is -2.68. The fourth-order valence-corrected chi connectivity index (χ4v) is 16.6. The molecule has 26 atom stereocenters. The maximum absolute atomic E-state index is 13.6. The van der Waals surface area contributed by atoms with Crippen molar-refractivity contribution < 1.29 is 88.7 Å². The second-order valence-corrected chi connectivity index (χ2v) is 24.0. The Hall–Kier alpha value is -1.62. The highest BCUT2D eigenvalue weighted by Crippen LogP contribution is 2.79. The van der Waals surface area contributed by atoms with E-state index in [9.17, 15) is 55.5 Å². The van der Waals surface area contributed by atoms with Crippen LogP contribution in [0.2, 0.25) is 0 Å². The zero-order valence-electron chi connectivity index (χ0n) is 39.8. The van der Waals surface area contributed by atoms with Gasteiger partial charge in [-0.25, -0.2) is 4.79 Å². The molecule has 0 aromatic carbocycles. The summed E-state index contributed by atoms with van der Waals surface area (Å²) < 4.78 is 42.1. The SMILES string of the molecule is C[C@@H]1O[C@@H](O[C@@H]2[C@@H](O)[C@@H](O)[C@H](O[C@H]3[C@H](O[C@H]4CC[C@]5(C)[C@H]6CC[C@@H]7[C@H]8[C@H](C(C)(C)O)[C@@H]9C[C@@]8(CC[C@@]7(C)[C@]6(C)CC[C@H]5C4(C)C)C(=O)O9)O[C@H](C(=O)O)[C@@H](O)[C@@H]3O)O[C@H]2C)[C@H](O)[C@H](O)[C@H]1O. The predicted octanol–water partition coefficient (Wildman–Crippen LogP) is 1.36.